The fourth-order valence-corrected chi connectivity index (χ4v) is 1.97. The molecule has 0 fully saturated rings. The third-order valence-corrected chi connectivity index (χ3v) is 3.28. The van der Waals surface area contributed by atoms with E-state index in [2.05, 4.69) is 31.5 Å². The number of urea groups is 1. The number of carbonyl (C=O) groups is 1. The molecule has 0 unspecified atom stereocenters. The summed E-state index contributed by atoms with van der Waals surface area (Å²) < 4.78 is 5.86. The van der Waals surface area contributed by atoms with Gasteiger partial charge in [-0.25, -0.2) is 9.78 Å². The van der Waals surface area contributed by atoms with Crippen LogP contribution in [0.1, 0.15) is 5.56 Å². The predicted molar refractivity (Wildman–Crippen MR) is 80.8 cm³/mol. The van der Waals surface area contributed by atoms with Crippen molar-refractivity contribution in [2.75, 3.05) is 12.4 Å². The predicted octanol–water partition coefficient (Wildman–Crippen LogP) is 3.17. The molecule has 2 aromatic rings. The van der Waals surface area contributed by atoms with Crippen LogP contribution in [0.2, 0.25) is 0 Å². The highest BCUT2D eigenvalue weighted by Crippen LogP contribution is 2.20. The van der Waals surface area contributed by atoms with E-state index in [-0.39, 0.29) is 6.03 Å². The van der Waals surface area contributed by atoms with E-state index >= 15 is 0 Å². The zero-order valence-electron chi connectivity index (χ0n) is 10.9. The van der Waals surface area contributed by atoms with Gasteiger partial charge in [-0.2, -0.15) is 0 Å². The van der Waals surface area contributed by atoms with Crippen molar-refractivity contribution >= 4 is 27.6 Å². The molecule has 2 N–H and O–H groups in total. The summed E-state index contributed by atoms with van der Waals surface area (Å²) in [5, 5.41) is 5.54. The van der Waals surface area contributed by atoms with Crippen molar-refractivity contribution in [1.82, 2.24) is 10.3 Å². The van der Waals surface area contributed by atoms with Crippen LogP contribution in [-0.4, -0.2) is 18.1 Å². The number of ether oxygens (including phenoxy) is 1. The van der Waals surface area contributed by atoms with E-state index in [0.717, 1.165) is 15.7 Å². The number of nitrogens with zero attached hydrogens (tertiary/aromatic N) is 1. The van der Waals surface area contributed by atoms with Gasteiger partial charge in [0.1, 0.15) is 0 Å². The van der Waals surface area contributed by atoms with Gasteiger partial charge in [0.05, 0.1) is 12.8 Å². The topological polar surface area (TPSA) is 63.2 Å². The van der Waals surface area contributed by atoms with Gasteiger partial charge < -0.3 is 15.4 Å². The summed E-state index contributed by atoms with van der Waals surface area (Å²) >= 11 is 3.37. The summed E-state index contributed by atoms with van der Waals surface area (Å²) in [5.41, 5.74) is 1.64. The van der Waals surface area contributed by atoms with Crippen LogP contribution in [0.25, 0.3) is 0 Å². The third-order valence-electron chi connectivity index (χ3n) is 2.58. The molecule has 0 spiro atoms. The quantitative estimate of drug-likeness (QED) is 0.901. The highest BCUT2D eigenvalue weighted by atomic mass is 79.9. The zero-order valence-corrected chi connectivity index (χ0v) is 12.5. The average Bonchev–Trinajstić information content (AvgIpc) is 2.48. The molecule has 20 heavy (non-hydrogen) atoms. The molecule has 0 radical (unpaired) electrons. The Labute approximate surface area is 125 Å². The minimum absolute atomic E-state index is 0.271. The first-order valence-electron chi connectivity index (χ1n) is 5.97. The number of halogens is 1. The first-order chi connectivity index (χ1) is 9.69. The first-order valence-corrected chi connectivity index (χ1v) is 6.76. The second-order valence-corrected chi connectivity index (χ2v) is 4.85. The summed E-state index contributed by atoms with van der Waals surface area (Å²) in [5.74, 6) is 0.524. The van der Waals surface area contributed by atoms with Crippen LogP contribution in [0.3, 0.4) is 0 Å². The van der Waals surface area contributed by atoms with Crippen molar-refractivity contribution in [3.05, 3.63) is 52.6 Å². The molecule has 2 rings (SSSR count). The Morgan fingerprint density at radius 2 is 2.15 bits per heavy atom. The lowest BCUT2D eigenvalue weighted by atomic mass is 10.2. The van der Waals surface area contributed by atoms with Gasteiger partial charge in [-0.1, -0.05) is 12.1 Å². The lowest BCUT2D eigenvalue weighted by Gasteiger charge is -2.09. The Balaban J connectivity index is 1.90. The van der Waals surface area contributed by atoms with Gasteiger partial charge in [0.2, 0.25) is 5.88 Å². The Morgan fingerprint density at radius 1 is 1.35 bits per heavy atom. The lowest BCUT2D eigenvalue weighted by molar-refractivity contribution is 0.251. The first kappa shape index (κ1) is 14.3. The molecule has 1 heterocycles. The van der Waals surface area contributed by atoms with E-state index in [1.807, 2.05) is 30.3 Å². The molecule has 0 aliphatic carbocycles. The maximum atomic E-state index is 11.8. The van der Waals surface area contributed by atoms with Crippen molar-refractivity contribution < 1.29 is 9.53 Å². The Kier molecular flexibility index (Phi) is 4.95. The number of hydrogen-bond acceptors (Lipinski definition) is 3. The molecule has 104 valence electrons. The summed E-state index contributed by atoms with van der Waals surface area (Å²) in [6.45, 7) is 0.398. The number of aromatic nitrogens is 1. The van der Waals surface area contributed by atoms with E-state index in [4.69, 9.17) is 4.74 Å². The highest BCUT2D eigenvalue weighted by Gasteiger charge is 2.04. The molecule has 1 aromatic carbocycles. The largest absolute Gasteiger partial charge is 0.481 e. The molecule has 5 nitrogen and oxygen atoms in total. The standard InChI is InChI=1S/C14H14BrN3O2/c1-20-13-8-10(6-7-16-13)9-17-14(19)18-12-5-3-2-4-11(12)15/h2-8H,9H2,1H3,(H2,17,18,19). The molecule has 1 aromatic heterocycles. The second kappa shape index (κ2) is 6.91. The Morgan fingerprint density at radius 3 is 2.90 bits per heavy atom. The van der Waals surface area contributed by atoms with Crippen LogP contribution in [-0.2, 0) is 6.54 Å². The lowest BCUT2D eigenvalue weighted by Crippen LogP contribution is -2.28. The molecule has 0 bridgehead atoms. The summed E-state index contributed by atoms with van der Waals surface area (Å²) in [6.07, 6.45) is 1.64. The highest BCUT2D eigenvalue weighted by molar-refractivity contribution is 9.10. The van der Waals surface area contributed by atoms with Gasteiger partial charge in [-0.05, 0) is 39.7 Å². The number of rotatable bonds is 4. The number of benzene rings is 1. The Hall–Kier alpha value is -2.08. The number of para-hydroxylation sites is 1. The van der Waals surface area contributed by atoms with Crippen molar-refractivity contribution in [3.8, 4) is 5.88 Å². The molecule has 0 aliphatic rings. The number of hydrogen-bond donors (Lipinski definition) is 2. The maximum Gasteiger partial charge on any atom is 0.319 e. The normalized spacial score (nSPS) is 9.90. The van der Waals surface area contributed by atoms with Gasteiger partial charge in [-0.15, -0.1) is 0 Å². The van der Waals surface area contributed by atoms with Crippen molar-refractivity contribution in [3.63, 3.8) is 0 Å². The molecule has 2 amide bonds. The molecule has 0 saturated carbocycles. The van der Waals surface area contributed by atoms with E-state index in [0.29, 0.717) is 12.4 Å². The molecule has 0 atom stereocenters. The monoisotopic (exact) mass is 335 g/mol. The number of anilines is 1. The SMILES string of the molecule is COc1cc(CNC(=O)Nc2ccccc2Br)ccn1. The summed E-state index contributed by atoms with van der Waals surface area (Å²) in [7, 11) is 1.55. The summed E-state index contributed by atoms with van der Waals surface area (Å²) in [4.78, 5) is 15.8. The third kappa shape index (κ3) is 3.96. The number of methoxy groups -OCH3 is 1. The second-order valence-electron chi connectivity index (χ2n) is 3.99. The van der Waals surface area contributed by atoms with Gasteiger partial charge in [-0.3, -0.25) is 0 Å². The number of carbonyl (C=O) groups excluding carboxylic acids is 1. The van der Waals surface area contributed by atoms with Crippen LogP contribution < -0.4 is 15.4 Å². The van der Waals surface area contributed by atoms with Crippen LogP contribution in [0.5, 0.6) is 5.88 Å². The minimum Gasteiger partial charge on any atom is -0.481 e. The van der Waals surface area contributed by atoms with Gasteiger partial charge in [0.25, 0.3) is 0 Å². The van der Waals surface area contributed by atoms with E-state index < -0.39 is 0 Å². The average molecular weight is 336 g/mol. The van der Waals surface area contributed by atoms with Crippen LogP contribution in [0, 0.1) is 0 Å². The van der Waals surface area contributed by atoms with E-state index in [1.54, 1.807) is 19.4 Å². The fourth-order valence-electron chi connectivity index (χ4n) is 1.58. The van der Waals surface area contributed by atoms with Gasteiger partial charge in [0.15, 0.2) is 0 Å². The van der Waals surface area contributed by atoms with Crippen molar-refractivity contribution in [2.24, 2.45) is 0 Å². The summed E-state index contributed by atoms with van der Waals surface area (Å²) in [6, 6.07) is 10.8. The maximum absolute atomic E-state index is 11.8. The fraction of sp³-hybridized carbons (Fsp3) is 0.143. The number of amides is 2. The molecule has 0 aliphatic heterocycles. The molecule has 0 saturated heterocycles. The van der Waals surface area contributed by atoms with E-state index in [1.165, 1.54) is 0 Å². The van der Waals surface area contributed by atoms with Crippen LogP contribution in [0.15, 0.2) is 47.1 Å². The number of pyridine rings is 1. The van der Waals surface area contributed by atoms with E-state index in [9.17, 15) is 4.79 Å². The van der Waals surface area contributed by atoms with Gasteiger partial charge >= 0.3 is 6.03 Å². The van der Waals surface area contributed by atoms with Crippen LogP contribution >= 0.6 is 15.9 Å². The molecular weight excluding hydrogens is 322 g/mol. The Bertz CT molecular complexity index is 604. The van der Waals surface area contributed by atoms with Crippen LogP contribution in [0.4, 0.5) is 10.5 Å². The van der Waals surface area contributed by atoms with Crippen molar-refractivity contribution in [1.29, 1.82) is 0 Å². The van der Waals surface area contributed by atoms with Gasteiger partial charge in [0, 0.05) is 23.3 Å². The molecular formula is C14H14BrN3O2. The molecule has 6 heteroatoms. The number of nitrogens with one attached hydrogen (secondary N) is 2. The zero-order chi connectivity index (χ0) is 14.4. The smallest absolute Gasteiger partial charge is 0.319 e. The minimum atomic E-state index is -0.271. The van der Waals surface area contributed by atoms with Crippen molar-refractivity contribution in [2.45, 2.75) is 6.54 Å².